The fourth-order valence-corrected chi connectivity index (χ4v) is 1.85. The predicted octanol–water partition coefficient (Wildman–Crippen LogP) is 3.46. The Balaban J connectivity index is 1.83. The number of rotatable bonds is 5. The van der Waals surface area contributed by atoms with Gasteiger partial charge in [0.25, 0.3) is 0 Å². The Morgan fingerprint density at radius 1 is 1.29 bits per heavy atom. The Kier molecular flexibility index (Phi) is 5.40. The maximum atomic E-state index is 11.7. The fraction of sp³-hybridized carbons (Fsp3) is 0.200. The molecule has 0 aliphatic carbocycles. The lowest BCUT2D eigenvalue weighted by Gasteiger charge is -2.08. The van der Waals surface area contributed by atoms with Gasteiger partial charge in [0.05, 0.1) is 6.61 Å². The minimum absolute atomic E-state index is 0.335. The molecule has 0 aliphatic heterocycles. The van der Waals surface area contributed by atoms with E-state index in [-0.39, 0.29) is 6.03 Å². The summed E-state index contributed by atoms with van der Waals surface area (Å²) >= 11 is 5.82. The standard InChI is InChI=1S/C15H16ClN3O2/c1-2-21-13-5-3-11(4-6-13)10-18-15(20)19-14-9-12(16)7-8-17-14/h3-9H,2,10H2,1H3,(H2,17,18,19,20). The zero-order valence-corrected chi connectivity index (χ0v) is 12.4. The lowest BCUT2D eigenvalue weighted by molar-refractivity contribution is 0.251. The number of anilines is 1. The summed E-state index contributed by atoms with van der Waals surface area (Å²) in [6.45, 7) is 2.98. The Morgan fingerprint density at radius 3 is 2.71 bits per heavy atom. The van der Waals surface area contributed by atoms with E-state index < -0.39 is 0 Å². The molecule has 1 heterocycles. The van der Waals surface area contributed by atoms with Gasteiger partial charge in [0, 0.05) is 17.8 Å². The number of nitrogens with zero attached hydrogens (tertiary/aromatic N) is 1. The van der Waals surface area contributed by atoms with Crippen molar-refractivity contribution in [1.82, 2.24) is 10.3 Å². The number of amides is 2. The number of ether oxygens (including phenoxy) is 1. The lowest BCUT2D eigenvalue weighted by atomic mass is 10.2. The van der Waals surface area contributed by atoms with Gasteiger partial charge in [-0.15, -0.1) is 0 Å². The molecule has 0 aliphatic rings. The fourth-order valence-electron chi connectivity index (χ4n) is 1.69. The Hall–Kier alpha value is -2.27. The van der Waals surface area contributed by atoms with Crippen molar-refractivity contribution >= 4 is 23.4 Å². The molecular weight excluding hydrogens is 290 g/mol. The summed E-state index contributed by atoms with van der Waals surface area (Å²) in [6, 6.07) is 10.4. The van der Waals surface area contributed by atoms with E-state index in [0.29, 0.717) is 24.0 Å². The highest BCUT2D eigenvalue weighted by Gasteiger charge is 2.03. The summed E-state index contributed by atoms with van der Waals surface area (Å²) in [7, 11) is 0. The molecule has 0 fully saturated rings. The van der Waals surface area contributed by atoms with Crippen molar-refractivity contribution < 1.29 is 9.53 Å². The molecule has 2 rings (SSSR count). The minimum Gasteiger partial charge on any atom is -0.494 e. The van der Waals surface area contributed by atoms with Crippen LogP contribution >= 0.6 is 11.6 Å². The van der Waals surface area contributed by atoms with E-state index in [0.717, 1.165) is 11.3 Å². The van der Waals surface area contributed by atoms with Gasteiger partial charge in [-0.1, -0.05) is 23.7 Å². The molecule has 0 saturated heterocycles. The van der Waals surface area contributed by atoms with E-state index in [9.17, 15) is 4.79 Å². The molecule has 2 aromatic rings. The topological polar surface area (TPSA) is 63.2 Å². The van der Waals surface area contributed by atoms with Crippen LogP contribution in [0.1, 0.15) is 12.5 Å². The lowest BCUT2D eigenvalue weighted by Crippen LogP contribution is -2.28. The van der Waals surface area contributed by atoms with Gasteiger partial charge in [-0.25, -0.2) is 9.78 Å². The zero-order valence-electron chi connectivity index (χ0n) is 11.6. The van der Waals surface area contributed by atoms with Gasteiger partial charge < -0.3 is 10.1 Å². The highest BCUT2D eigenvalue weighted by atomic mass is 35.5. The Bertz CT molecular complexity index is 602. The summed E-state index contributed by atoms with van der Waals surface area (Å²) in [4.78, 5) is 15.7. The summed E-state index contributed by atoms with van der Waals surface area (Å²) in [5, 5.41) is 5.88. The predicted molar refractivity (Wildman–Crippen MR) is 82.7 cm³/mol. The number of pyridine rings is 1. The second-order valence-electron chi connectivity index (χ2n) is 4.24. The van der Waals surface area contributed by atoms with Gasteiger partial charge in [0.2, 0.25) is 0 Å². The van der Waals surface area contributed by atoms with Crippen molar-refractivity contribution in [1.29, 1.82) is 0 Å². The van der Waals surface area contributed by atoms with Crippen LogP contribution in [0, 0.1) is 0 Å². The number of urea groups is 1. The van der Waals surface area contributed by atoms with Crippen molar-refractivity contribution in [3.8, 4) is 5.75 Å². The van der Waals surface area contributed by atoms with Gasteiger partial charge in [0.15, 0.2) is 0 Å². The van der Waals surface area contributed by atoms with Gasteiger partial charge in [-0.05, 0) is 36.8 Å². The first kappa shape index (κ1) is 15.1. The molecule has 1 aromatic carbocycles. The molecule has 0 spiro atoms. The van der Waals surface area contributed by atoms with Crippen molar-refractivity contribution in [3.63, 3.8) is 0 Å². The van der Waals surface area contributed by atoms with Crippen LogP contribution in [0.25, 0.3) is 0 Å². The second kappa shape index (κ2) is 7.50. The van der Waals surface area contributed by atoms with Gasteiger partial charge in [-0.2, -0.15) is 0 Å². The molecule has 110 valence electrons. The van der Waals surface area contributed by atoms with Crippen LogP contribution in [0.2, 0.25) is 5.02 Å². The maximum absolute atomic E-state index is 11.7. The first-order valence-corrected chi connectivity index (χ1v) is 6.93. The average Bonchev–Trinajstić information content (AvgIpc) is 2.47. The van der Waals surface area contributed by atoms with Crippen LogP contribution in [0.5, 0.6) is 5.75 Å². The average molecular weight is 306 g/mol. The number of halogens is 1. The van der Waals surface area contributed by atoms with Crippen molar-refractivity contribution in [2.75, 3.05) is 11.9 Å². The monoisotopic (exact) mass is 305 g/mol. The molecule has 0 unspecified atom stereocenters. The number of nitrogens with one attached hydrogen (secondary N) is 2. The summed E-state index contributed by atoms with van der Waals surface area (Å²) in [6.07, 6.45) is 1.53. The van der Waals surface area contributed by atoms with Crippen LogP contribution in [0.3, 0.4) is 0 Å². The molecule has 0 bridgehead atoms. The smallest absolute Gasteiger partial charge is 0.320 e. The summed E-state index contributed by atoms with van der Waals surface area (Å²) < 4.78 is 5.36. The van der Waals surface area contributed by atoms with Gasteiger partial charge in [-0.3, -0.25) is 5.32 Å². The molecule has 0 atom stereocenters. The quantitative estimate of drug-likeness (QED) is 0.889. The molecule has 5 nitrogen and oxygen atoms in total. The summed E-state index contributed by atoms with van der Waals surface area (Å²) in [5.41, 5.74) is 0.979. The van der Waals surface area contributed by atoms with Crippen LogP contribution in [0.15, 0.2) is 42.6 Å². The van der Waals surface area contributed by atoms with Crippen molar-refractivity contribution in [2.24, 2.45) is 0 Å². The molecule has 0 saturated carbocycles. The highest BCUT2D eigenvalue weighted by molar-refractivity contribution is 6.30. The molecular formula is C15H16ClN3O2. The van der Waals surface area contributed by atoms with E-state index in [4.69, 9.17) is 16.3 Å². The highest BCUT2D eigenvalue weighted by Crippen LogP contribution is 2.13. The largest absolute Gasteiger partial charge is 0.494 e. The zero-order chi connectivity index (χ0) is 15.1. The molecule has 2 N–H and O–H groups in total. The summed E-state index contributed by atoms with van der Waals surface area (Å²) in [5.74, 6) is 1.22. The number of benzene rings is 1. The third kappa shape index (κ3) is 4.96. The maximum Gasteiger partial charge on any atom is 0.320 e. The van der Waals surface area contributed by atoms with Crippen LogP contribution < -0.4 is 15.4 Å². The van der Waals surface area contributed by atoms with Gasteiger partial charge >= 0.3 is 6.03 Å². The third-order valence-corrected chi connectivity index (χ3v) is 2.89. The molecule has 6 heteroatoms. The third-order valence-electron chi connectivity index (χ3n) is 2.65. The minimum atomic E-state index is -0.335. The first-order valence-electron chi connectivity index (χ1n) is 6.55. The molecule has 2 amide bonds. The van der Waals surface area contributed by atoms with E-state index in [1.54, 1.807) is 12.1 Å². The number of aromatic nitrogens is 1. The van der Waals surface area contributed by atoms with E-state index in [1.807, 2.05) is 31.2 Å². The number of carbonyl (C=O) groups excluding carboxylic acids is 1. The Morgan fingerprint density at radius 2 is 2.05 bits per heavy atom. The van der Waals surface area contributed by atoms with Crippen LogP contribution in [-0.2, 0) is 6.54 Å². The first-order chi connectivity index (χ1) is 10.2. The second-order valence-corrected chi connectivity index (χ2v) is 4.68. The van der Waals surface area contributed by atoms with Crippen LogP contribution in [0.4, 0.5) is 10.6 Å². The normalized spacial score (nSPS) is 10.0. The molecule has 1 aromatic heterocycles. The Labute approximate surface area is 128 Å². The van der Waals surface area contributed by atoms with Crippen molar-refractivity contribution in [3.05, 3.63) is 53.2 Å². The number of hydrogen-bond acceptors (Lipinski definition) is 3. The SMILES string of the molecule is CCOc1ccc(CNC(=O)Nc2cc(Cl)ccn2)cc1. The number of hydrogen-bond donors (Lipinski definition) is 2. The number of carbonyl (C=O) groups is 1. The van der Waals surface area contributed by atoms with E-state index >= 15 is 0 Å². The van der Waals surface area contributed by atoms with E-state index in [1.165, 1.54) is 6.20 Å². The van der Waals surface area contributed by atoms with Gasteiger partial charge in [0.1, 0.15) is 11.6 Å². The van der Waals surface area contributed by atoms with Crippen LogP contribution in [-0.4, -0.2) is 17.6 Å². The van der Waals surface area contributed by atoms with E-state index in [2.05, 4.69) is 15.6 Å². The molecule has 0 radical (unpaired) electrons. The molecule has 21 heavy (non-hydrogen) atoms. The van der Waals surface area contributed by atoms with Crippen molar-refractivity contribution in [2.45, 2.75) is 13.5 Å².